The Hall–Kier alpha value is -1.25. The number of nitrogens with zero attached hydrogens (tertiary/aromatic N) is 2. The fourth-order valence-electron chi connectivity index (χ4n) is 1.93. The summed E-state index contributed by atoms with van der Waals surface area (Å²) in [6, 6.07) is 0. The third-order valence-electron chi connectivity index (χ3n) is 3.16. The predicted molar refractivity (Wildman–Crippen MR) is 60.2 cm³/mol. The van der Waals surface area contributed by atoms with Crippen LogP contribution in [-0.4, -0.2) is 41.9 Å². The Labute approximate surface area is 91.0 Å². The lowest BCUT2D eigenvalue weighted by Crippen LogP contribution is -2.48. The van der Waals surface area contributed by atoms with Crippen LogP contribution in [0.2, 0.25) is 0 Å². The summed E-state index contributed by atoms with van der Waals surface area (Å²) in [7, 11) is 0. The highest BCUT2D eigenvalue weighted by molar-refractivity contribution is 5.81. The zero-order valence-corrected chi connectivity index (χ0v) is 9.11. The van der Waals surface area contributed by atoms with Crippen molar-refractivity contribution in [2.24, 2.45) is 5.92 Å². The van der Waals surface area contributed by atoms with Gasteiger partial charge in [-0.25, -0.2) is 0 Å². The minimum absolute atomic E-state index is 0.346. The number of allylic oxidation sites excluding steroid dienone is 1. The first-order chi connectivity index (χ1) is 7.22. The Balaban J connectivity index is 1.83. The summed E-state index contributed by atoms with van der Waals surface area (Å²) < 4.78 is 0. The summed E-state index contributed by atoms with van der Waals surface area (Å²) in [6.07, 6.45) is 3.97. The maximum Gasteiger partial charge on any atom is 0.225 e. The van der Waals surface area contributed by atoms with Gasteiger partial charge in [-0.15, -0.1) is 0 Å². The Morgan fingerprint density at radius 3 is 2.13 bits per heavy atom. The van der Waals surface area contributed by atoms with Crippen LogP contribution in [0, 0.1) is 5.92 Å². The van der Waals surface area contributed by atoms with Crippen LogP contribution in [0.5, 0.6) is 0 Å². The summed E-state index contributed by atoms with van der Waals surface area (Å²) >= 11 is 0. The van der Waals surface area contributed by atoms with Crippen LogP contribution in [0.4, 0.5) is 0 Å². The molecule has 1 heterocycles. The molecule has 1 amide bonds. The summed E-state index contributed by atoms with van der Waals surface area (Å²) in [6.45, 7) is 11.1. The van der Waals surface area contributed by atoms with E-state index in [1.807, 2.05) is 4.90 Å². The first kappa shape index (κ1) is 10.3. The van der Waals surface area contributed by atoms with Crippen LogP contribution in [0.3, 0.4) is 0 Å². The summed E-state index contributed by atoms with van der Waals surface area (Å²) in [4.78, 5) is 15.9. The lowest BCUT2D eigenvalue weighted by atomic mass is 10.2. The largest absolute Gasteiger partial charge is 0.368 e. The molecule has 0 radical (unpaired) electrons. The molecule has 2 aliphatic rings. The fraction of sp³-hybridized carbons (Fsp3) is 0.583. The Morgan fingerprint density at radius 2 is 1.67 bits per heavy atom. The van der Waals surface area contributed by atoms with Gasteiger partial charge in [0.2, 0.25) is 5.91 Å². The van der Waals surface area contributed by atoms with Crippen LogP contribution in [0.15, 0.2) is 24.9 Å². The molecule has 0 aromatic carbocycles. The van der Waals surface area contributed by atoms with Gasteiger partial charge in [-0.05, 0) is 18.9 Å². The fourth-order valence-corrected chi connectivity index (χ4v) is 1.93. The molecule has 1 aliphatic carbocycles. The van der Waals surface area contributed by atoms with Crippen molar-refractivity contribution in [2.75, 3.05) is 26.2 Å². The molecule has 82 valence electrons. The van der Waals surface area contributed by atoms with Crippen molar-refractivity contribution in [3.63, 3.8) is 0 Å². The molecule has 0 aromatic rings. The van der Waals surface area contributed by atoms with E-state index in [0.717, 1.165) is 44.7 Å². The molecule has 2 rings (SSSR count). The van der Waals surface area contributed by atoms with Gasteiger partial charge >= 0.3 is 0 Å². The highest BCUT2D eigenvalue weighted by Crippen LogP contribution is 2.31. The average molecular weight is 206 g/mol. The van der Waals surface area contributed by atoms with Crippen molar-refractivity contribution >= 4 is 5.91 Å². The van der Waals surface area contributed by atoms with Gasteiger partial charge in [0.15, 0.2) is 0 Å². The molecule has 0 aromatic heterocycles. The molecule has 0 unspecified atom stereocenters. The quantitative estimate of drug-likeness (QED) is 0.649. The van der Waals surface area contributed by atoms with Gasteiger partial charge in [0.25, 0.3) is 0 Å². The number of piperazine rings is 1. The monoisotopic (exact) mass is 206 g/mol. The normalized spacial score (nSPS) is 21.3. The number of amides is 1. The summed E-state index contributed by atoms with van der Waals surface area (Å²) in [5, 5.41) is 0. The summed E-state index contributed by atoms with van der Waals surface area (Å²) in [5.74, 6) is 0.707. The van der Waals surface area contributed by atoms with Crippen LogP contribution < -0.4 is 0 Å². The van der Waals surface area contributed by atoms with E-state index in [1.54, 1.807) is 6.08 Å². The average Bonchev–Trinajstić information content (AvgIpc) is 3.11. The molecule has 3 nitrogen and oxygen atoms in total. The van der Waals surface area contributed by atoms with Crippen LogP contribution >= 0.6 is 0 Å². The second-order valence-electron chi connectivity index (χ2n) is 4.28. The molecule has 0 N–H and O–H groups in total. The lowest BCUT2D eigenvalue weighted by molar-refractivity contribution is -0.134. The molecule has 1 saturated heterocycles. The minimum Gasteiger partial charge on any atom is -0.368 e. The Kier molecular flexibility index (Phi) is 2.80. The SMILES string of the molecule is C=CC(=C)N1CCN(C(=O)C2CC2)CC1. The van der Waals surface area contributed by atoms with E-state index >= 15 is 0 Å². The van der Waals surface area contributed by atoms with Crippen molar-refractivity contribution in [1.82, 2.24) is 9.80 Å². The van der Waals surface area contributed by atoms with Crippen LogP contribution in [0.1, 0.15) is 12.8 Å². The van der Waals surface area contributed by atoms with E-state index in [9.17, 15) is 4.79 Å². The molecule has 1 saturated carbocycles. The molecule has 0 atom stereocenters. The maximum absolute atomic E-state index is 11.8. The van der Waals surface area contributed by atoms with E-state index in [-0.39, 0.29) is 0 Å². The van der Waals surface area contributed by atoms with Crippen LogP contribution in [-0.2, 0) is 4.79 Å². The lowest BCUT2D eigenvalue weighted by Gasteiger charge is -2.36. The van der Waals surface area contributed by atoms with Gasteiger partial charge in [-0.3, -0.25) is 4.79 Å². The van der Waals surface area contributed by atoms with Gasteiger partial charge in [-0.1, -0.05) is 13.2 Å². The van der Waals surface area contributed by atoms with Crippen LogP contribution in [0.25, 0.3) is 0 Å². The van der Waals surface area contributed by atoms with E-state index in [0.29, 0.717) is 11.8 Å². The zero-order chi connectivity index (χ0) is 10.8. The van der Waals surface area contributed by atoms with Gasteiger partial charge in [0, 0.05) is 37.8 Å². The maximum atomic E-state index is 11.8. The Morgan fingerprint density at radius 1 is 1.13 bits per heavy atom. The third-order valence-corrected chi connectivity index (χ3v) is 3.16. The van der Waals surface area contributed by atoms with Crippen molar-refractivity contribution in [1.29, 1.82) is 0 Å². The first-order valence-corrected chi connectivity index (χ1v) is 5.57. The number of hydrogen-bond acceptors (Lipinski definition) is 2. The number of carbonyl (C=O) groups is 1. The standard InChI is InChI=1S/C12H18N2O/c1-3-10(2)13-6-8-14(9-7-13)12(15)11-4-5-11/h3,11H,1-2,4-9H2. The highest BCUT2D eigenvalue weighted by atomic mass is 16.2. The highest BCUT2D eigenvalue weighted by Gasteiger charge is 2.34. The minimum atomic E-state index is 0.346. The smallest absolute Gasteiger partial charge is 0.225 e. The number of rotatable bonds is 3. The molecular formula is C12H18N2O. The van der Waals surface area contributed by atoms with E-state index in [1.165, 1.54) is 0 Å². The number of hydrogen-bond donors (Lipinski definition) is 0. The molecular weight excluding hydrogens is 188 g/mol. The Bertz CT molecular complexity index is 286. The summed E-state index contributed by atoms with van der Waals surface area (Å²) in [5.41, 5.74) is 0.966. The number of carbonyl (C=O) groups excluding carboxylic acids is 1. The van der Waals surface area contributed by atoms with Gasteiger partial charge in [0.1, 0.15) is 0 Å². The predicted octanol–water partition coefficient (Wildman–Crippen LogP) is 1.24. The van der Waals surface area contributed by atoms with E-state index < -0.39 is 0 Å². The van der Waals surface area contributed by atoms with Gasteiger partial charge in [-0.2, -0.15) is 0 Å². The van der Waals surface area contributed by atoms with Crippen molar-refractivity contribution < 1.29 is 4.79 Å². The van der Waals surface area contributed by atoms with Gasteiger partial charge < -0.3 is 9.80 Å². The van der Waals surface area contributed by atoms with E-state index in [4.69, 9.17) is 0 Å². The molecule has 2 fully saturated rings. The molecule has 3 heteroatoms. The second-order valence-corrected chi connectivity index (χ2v) is 4.28. The second kappa shape index (κ2) is 4.09. The molecule has 0 bridgehead atoms. The first-order valence-electron chi connectivity index (χ1n) is 5.57. The third kappa shape index (κ3) is 2.22. The zero-order valence-electron chi connectivity index (χ0n) is 9.11. The van der Waals surface area contributed by atoms with Crippen molar-refractivity contribution in [2.45, 2.75) is 12.8 Å². The van der Waals surface area contributed by atoms with E-state index in [2.05, 4.69) is 18.1 Å². The van der Waals surface area contributed by atoms with Gasteiger partial charge in [0.05, 0.1) is 0 Å². The molecule has 1 aliphatic heterocycles. The van der Waals surface area contributed by atoms with Crippen molar-refractivity contribution in [3.05, 3.63) is 24.9 Å². The topological polar surface area (TPSA) is 23.6 Å². The molecule has 0 spiro atoms. The molecule has 15 heavy (non-hydrogen) atoms. The van der Waals surface area contributed by atoms with Crippen molar-refractivity contribution in [3.8, 4) is 0 Å².